The monoisotopic (exact) mass is 161 g/mol. The number of aromatic nitrogens is 1. The molecule has 0 aliphatic heterocycles. The first kappa shape index (κ1) is 11.2. The van der Waals surface area contributed by atoms with Crippen LogP contribution in [0, 0.1) is 0 Å². The van der Waals surface area contributed by atoms with Gasteiger partial charge in [0.2, 0.25) is 0 Å². The molecule has 0 saturated carbocycles. The van der Waals surface area contributed by atoms with Gasteiger partial charge in [0.15, 0.2) is 0 Å². The highest BCUT2D eigenvalue weighted by molar-refractivity contribution is 6.30. The van der Waals surface area contributed by atoms with E-state index in [1.807, 2.05) is 26.0 Å². The summed E-state index contributed by atoms with van der Waals surface area (Å²) in [6, 6.07) is 3.89. The van der Waals surface area contributed by atoms with Gasteiger partial charge in [-0.15, -0.1) is 0 Å². The highest BCUT2D eigenvalue weighted by Crippen LogP contribution is 2.09. The maximum absolute atomic E-state index is 5.49. The standard InChI is InChI=1S/C8H10BN.C2H6/c1-6(2)7-3-4-10-8(9)5-7;1-2/h3-6H,1-2H3;1-2H3. The Hall–Kier alpha value is -0.785. The molecular weight excluding hydrogens is 145 g/mol. The Balaban J connectivity index is 0.000000561. The largest absolute Gasteiger partial charge is 0.273 e. The number of pyridine rings is 1. The maximum Gasteiger partial charge on any atom is 0.141 e. The average Bonchev–Trinajstić information content (AvgIpc) is 2.08. The van der Waals surface area contributed by atoms with Gasteiger partial charge >= 0.3 is 0 Å². The third-order valence-corrected chi connectivity index (χ3v) is 1.47. The van der Waals surface area contributed by atoms with Gasteiger partial charge in [-0.1, -0.05) is 27.7 Å². The highest BCUT2D eigenvalue weighted by atomic mass is 14.6. The summed E-state index contributed by atoms with van der Waals surface area (Å²) in [6.07, 6.45) is 1.74. The lowest BCUT2D eigenvalue weighted by molar-refractivity contribution is 0.865. The zero-order valence-corrected chi connectivity index (χ0v) is 8.33. The second-order valence-electron chi connectivity index (χ2n) is 2.67. The SMILES string of the molecule is CC.[B]c1cc(C(C)C)ccn1. The van der Waals surface area contributed by atoms with Gasteiger partial charge in [-0.25, -0.2) is 0 Å². The van der Waals surface area contributed by atoms with E-state index in [1.54, 1.807) is 6.20 Å². The van der Waals surface area contributed by atoms with Crippen LogP contribution < -0.4 is 5.59 Å². The smallest absolute Gasteiger partial charge is 0.141 e. The summed E-state index contributed by atoms with van der Waals surface area (Å²) in [4.78, 5) is 3.90. The molecule has 1 aromatic heterocycles. The molecule has 0 aromatic carbocycles. The first-order chi connectivity index (χ1) is 5.70. The number of nitrogens with zero attached hydrogens (tertiary/aromatic N) is 1. The first-order valence-corrected chi connectivity index (χ1v) is 4.41. The van der Waals surface area contributed by atoms with E-state index in [0.29, 0.717) is 11.5 Å². The van der Waals surface area contributed by atoms with Crippen LogP contribution in [0.15, 0.2) is 18.3 Å². The van der Waals surface area contributed by atoms with Gasteiger partial charge in [-0.3, -0.25) is 4.98 Å². The second kappa shape index (κ2) is 5.81. The molecule has 1 heterocycles. The lowest BCUT2D eigenvalue weighted by Gasteiger charge is -2.04. The van der Waals surface area contributed by atoms with Crippen molar-refractivity contribution in [2.24, 2.45) is 0 Å². The molecule has 64 valence electrons. The van der Waals surface area contributed by atoms with Gasteiger partial charge in [-0.2, -0.15) is 0 Å². The number of hydrogen-bond donors (Lipinski definition) is 0. The van der Waals surface area contributed by atoms with E-state index >= 15 is 0 Å². The topological polar surface area (TPSA) is 12.9 Å². The number of rotatable bonds is 1. The molecule has 1 rings (SSSR count). The summed E-state index contributed by atoms with van der Waals surface area (Å²) in [5, 5.41) is 0. The van der Waals surface area contributed by atoms with E-state index in [-0.39, 0.29) is 0 Å². The molecule has 0 saturated heterocycles. The van der Waals surface area contributed by atoms with Crippen molar-refractivity contribution in [3.05, 3.63) is 23.9 Å². The molecule has 0 atom stereocenters. The van der Waals surface area contributed by atoms with Gasteiger partial charge < -0.3 is 0 Å². The Labute approximate surface area is 76.6 Å². The quantitative estimate of drug-likeness (QED) is 0.574. The Bertz CT molecular complexity index is 221. The van der Waals surface area contributed by atoms with Crippen molar-refractivity contribution in [2.75, 3.05) is 0 Å². The van der Waals surface area contributed by atoms with Crippen LogP contribution in [0.4, 0.5) is 0 Å². The van der Waals surface area contributed by atoms with Crippen molar-refractivity contribution in [3.63, 3.8) is 0 Å². The van der Waals surface area contributed by atoms with Crippen LogP contribution in [0.2, 0.25) is 0 Å². The first-order valence-electron chi connectivity index (χ1n) is 4.41. The Morgan fingerprint density at radius 1 is 1.33 bits per heavy atom. The average molecular weight is 161 g/mol. The fourth-order valence-electron chi connectivity index (χ4n) is 0.825. The van der Waals surface area contributed by atoms with Gasteiger partial charge in [0.1, 0.15) is 7.85 Å². The zero-order valence-electron chi connectivity index (χ0n) is 8.33. The Morgan fingerprint density at radius 2 is 1.92 bits per heavy atom. The van der Waals surface area contributed by atoms with Gasteiger partial charge in [0, 0.05) is 6.20 Å². The van der Waals surface area contributed by atoms with Crippen molar-refractivity contribution < 1.29 is 0 Å². The number of hydrogen-bond acceptors (Lipinski definition) is 1. The molecule has 0 bridgehead atoms. The van der Waals surface area contributed by atoms with Crippen LogP contribution in [0.3, 0.4) is 0 Å². The Kier molecular flexibility index (Phi) is 5.43. The predicted molar refractivity (Wildman–Crippen MR) is 55.1 cm³/mol. The molecule has 0 aliphatic carbocycles. The van der Waals surface area contributed by atoms with E-state index in [1.165, 1.54) is 5.56 Å². The lowest BCUT2D eigenvalue weighted by atomic mass is 9.97. The molecule has 2 heteroatoms. The van der Waals surface area contributed by atoms with Crippen LogP contribution in [0.1, 0.15) is 39.2 Å². The van der Waals surface area contributed by atoms with Crippen molar-refractivity contribution in [2.45, 2.75) is 33.6 Å². The van der Waals surface area contributed by atoms with Crippen LogP contribution in [-0.4, -0.2) is 12.8 Å². The molecule has 0 amide bonds. The zero-order chi connectivity index (χ0) is 9.56. The highest BCUT2D eigenvalue weighted by Gasteiger charge is 1.96. The molecule has 0 spiro atoms. The van der Waals surface area contributed by atoms with Gasteiger partial charge in [0.05, 0.1) is 0 Å². The molecule has 1 nitrogen and oxygen atoms in total. The third-order valence-electron chi connectivity index (χ3n) is 1.47. The second-order valence-corrected chi connectivity index (χ2v) is 2.67. The lowest BCUT2D eigenvalue weighted by Crippen LogP contribution is -2.08. The predicted octanol–water partition coefficient (Wildman–Crippen LogP) is 2.02. The molecule has 12 heavy (non-hydrogen) atoms. The van der Waals surface area contributed by atoms with Gasteiger partial charge in [-0.05, 0) is 29.2 Å². The van der Waals surface area contributed by atoms with Crippen LogP contribution in [-0.2, 0) is 0 Å². The molecule has 1 aromatic rings. The van der Waals surface area contributed by atoms with Gasteiger partial charge in [0.25, 0.3) is 0 Å². The van der Waals surface area contributed by atoms with E-state index in [2.05, 4.69) is 18.8 Å². The van der Waals surface area contributed by atoms with E-state index in [0.717, 1.165) is 0 Å². The third kappa shape index (κ3) is 3.56. The van der Waals surface area contributed by atoms with Crippen molar-refractivity contribution >= 4 is 13.4 Å². The fourth-order valence-corrected chi connectivity index (χ4v) is 0.825. The van der Waals surface area contributed by atoms with E-state index < -0.39 is 0 Å². The summed E-state index contributed by atoms with van der Waals surface area (Å²) in [5.74, 6) is 0.533. The molecule has 2 radical (unpaired) electrons. The molecule has 0 aliphatic rings. The van der Waals surface area contributed by atoms with Crippen LogP contribution in [0.5, 0.6) is 0 Å². The molecule has 0 unspecified atom stereocenters. The minimum atomic E-state index is 0.533. The van der Waals surface area contributed by atoms with E-state index in [9.17, 15) is 0 Å². The van der Waals surface area contributed by atoms with Crippen molar-refractivity contribution in [1.29, 1.82) is 0 Å². The summed E-state index contributed by atoms with van der Waals surface area (Å²) in [7, 11) is 5.49. The molecule has 0 N–H and O–H groups in total. The van der Waals surface area contributed by atoms with Crippen molar-refractivity contribution in [1.82, 2.24) is 4.98 Å². The van der Waals surface area contributed by atoms with E-state index in [4.69, 9.17) is 7.85 Å². The minimum absolute atomic E-state index is 0.533. The molecule has 0 fully saturated rings. The molecular formula is C10H16BN. The fraction of sp³-hybridized carbons (Fsp3) is 0.500. The summed E-state index contributed by atoms with van der Waals surface area (Å²) in [5.41, 5.74) is 1.85. The summed E-state index contributed by atoms with van der Waals surface area (Å²) in [6.45, 7) is 8.27. The van der Waals surface area contributed by atoms with Crippen LogP contribution in [0.25, 0.3) is 0 Å². The van der Waals surface area contributed by atoms with Crippen molar-refractivity contribution in [3.8, 4) is 0 Å². The summed E-state index contributed by atoms with van der Waals surface area (Å²) < 4.78 is 0. The normalized spacial score (nSPS) is 9.08. The van der Waals surface area contributed by atoms with Crippen LogP contribution >= 0.6 is 0 Å². The Morgan fingerprint density at radius 3 is 2.25 bits per heavy atom. The summed E-state index contributed by atoms with van der Waals surface area (Å²) >= 11 is 0. The minimum Gasteiger partial charge on any atom is -0.273 e. The maximum atomic E-state index is 5.49.